The van der Waals surface area contributed by atoms with Crippen LogP contribution in [0.1, 0.15) is 37.2 Å². The van der Waals surface area contributed by atoms with Gasteiger partial charge < -0.3 is 33.5 Å². The Kier molecular flexibility index (Phi) is 6.51. The largest absolute Gasteiger partial charge is 0.504 e. The minimum Gasteiger partial charge on any atom is -0.504 e. The Hall–Kier alpha value is -2.80. The molecule has 2 aromatic carbocycles. The molecule has 2 aromatic rings. The van der Waals surface area contributed by atoms with Crippen molar-refractivity contribution < 1.29 is 33.5 Å². The molecule has 3 rings (SSSR count). The van der Waals surface area contributed by atoms with Crippen LogP contribution in [0.15, 0.2) is 24.3 Å². The van der Waals surface area contributed by atoms with E-state index in [0.29, 0.717) is 28.7 Å². The highest BCUT2D eigenvalue weighted by Gasteiger charge is 2.41. The lowest BCUT2D eigenvalue weighted by atomic mass is 9.85. The normalized spacial score (nSPS) is 23.2. The van der Waals surface area contributed by atoms with Crippen LogP contribution in [0.25, 0.3) is 0 Å². The summed E-state index contributed by atoms with van der Waals surface area (Å²) >= 11 is 0. The molecule has 0 bridgehead atoms. The number of phenols is 1. The molecule has 0 saturated carbocycles. The SMILES string of the molecule is COc1cc([C@@H]2O[C@H](c3cc(OC)c(OC)c(OC)c3)[C@@H](C)[C@@H]2C)cc(O)c1OC. The third kappa shape index (κ3) is 3.69. The van der Waals surface area contributed by atoms with Crippen molar-refractivity contribution >= 4 is 0 Å². The summed E-state index contributed by atoms with van der Waals surface area (Å²) in [6.07, 6.45) is -0.413. The molecule has 30 heavy (non-hydrogen) atoms. The first-order chi connectivity index (χ1) is 14.4. The molecule has 1 heterocycles. The summed E-state index contributed by atoms with van der Waals surface area (Å²) in [5, 5.41) is 10.4. The molecule has 0 spiro atoms. The van der Waals surface area contributed by atoms with E-state index in [1.165, 1.54) is 7.11 Å². The van der Waals surface area contributed by atoms with E-state index < -0.39 is 0 Å². The lowest BCUT2D eigenvalue weighted by Crippen LogP contribution is -2.10. The van der Waals surface area contributed by atoms with Gasteiger partial charge in [0.1, 0.15) is 0 Å². The predicted molar refractivity (Wildman–Crippen MR) is 112 cm³/mol. The van der Waals surface area contributed by atoms with E-state index >= 15 is 0 Å². The third-order valence-corrected chi connectivity index (χ3v) is 5.90. The maximum Gasteiger partial charge on any atom is 0.203 e. The Labute approximate surface area is 177 Å². The summed E-state index contributed by atoms with van der Waals surface area (Å²) in [5.74, 6) is 2.90. The molecule has 1 N–H and O–H groups in total. The van der Waals surface area contributed by atoms with Crippen LogP contribution in [0.4, 0.5) is 0 Å². The van der Waals surface area contributed by atoms with Crippen LogP contribution in [-0.2, 0) is 4.74 Å². The third-order valence-electron chi connectivity index (χ3n) is 5.90. The average Bonchev–Trinajstić information content (AvgIpc) is 3.06. The monoisotopic (exact) mass is 418 g/mol. The van der Waals surface area contributed by atoms with Crippen molar-refractivity contribution in [3.8, 4) is 34.5 Å². The zero-order valence-corrected chi connectivity index (χ0v) is 18.5. The molecule has 1 fully saturated rings. The Morgan fingerprint density at radius 3 is 1.43 bits per heavy atom. The fourth-order valence-corrected chi connectivity index (χ4v) is 4.12. The topological polar surface area (TPSA) is 75.6 Å². The average molecular weight is 418 g/mol. The molecule has 0 unspecified atom stereocenters. The first-order valence-electron chi connectivity index (χ1n) is 9.80. The second-order valence-electron chi connectivity index (χ2n) is 7.43. The van der Waals surface area contributed by atoms with Crippen molar-refractivity contribution in [2.45, 2.75) is 26.1 Å². The predicted octanol–water partition coefficient (Wildman–Crippen LogP) is 4.52. The van der Waals surface area contributed by atoms with E-state index in [9.17, 15) is 5.11 Å². The van der Waals surface area contributed by atoms with Gasteiger partial charge in [0, 0.05) is 0 Å². The summed E-state index contributed by atoms with van der Waals surface area (Å²) in [5.41, 5.74) is 1.77. The standard InChI is InChI=1S/C23H30O7/c1-12-13(2)21(15-10-18(26-4)23(29-7)19(11-15)27-5)30-20(12)14-8-16(24)22(28-6)17(9-14)25-3/h8-13,20-21,24H,1-7H3/t12-,13-,20+,21-/m0/s1. The van der Waals surface area contributed by atoms with Gasteiger partial charge in [0.25, 0.3) is 0 Å². The number of methoxy groups -OCH3 is 5. The van der Waals surface area contributed by atoms with E-state index in [-0.39, 0.29) is 29.8 Å². The van der Waals surface area contributed by atoms with Gasteiger partial charge >= 0.3 is 0 Å². The van der Waals surface area contributed by atoms with Gasteiger partial charge in [-0.05, 0) is 47.2 Å². The molecule has 164 valence electrons. The molecule has 1 aliphatic heterocycles. The fourth-order valence-electron chi connectivity index (χ4n) is 4.12. The zero-order valence-electron chi connectivity index (χ0n) is 18.5. The summed E-state index contributed by atoms with van der Waals surface area (Å²) in [6.45, 7) is 4.29. The Morgan fingerprint density at radius 2 is 1.03 bits per heavy atom. The minimum absolute atomic E-state index is 0.0199. The van der Waals surface area contributed by atoms with Crippen LogP contribution in [-0.4, -0.2) is 40.7 Å². The molecule has 1 saturated heterocycles. The van der Waals surface area contributed by atoms with E-state index in [2.05, 4.69) is 13.8 Å². The molecule has 0 aromatic heterocycles. The van der Waals surface area contributed by atoms with Gasteiger partial charge in [-0.2, -0.15) is 0 Å². The number of hydrogen-bond donors (Lipinski definition) is 1. The van der Waals surface area contributed by atoms with Gasteiger partial charge in [0.15, 0.2) is 23.0 Å². The summed E-state index contributed by atoms with van der Waals surface area (Å²) in [6, 6.07) is 7.37. The van der Waals surface area contributed by atoms with Crippen LogP contribution in [0.2, 0.25) is 0 Å². The quantitative estimate of drug-likeness (QED) is 0.708. The summed E-state index contributed by atoms with van der Waals surface area (Å²) in [4.78, 5) is 0. The van der Waals surface area contributed by atoms with Crippen molar-refractivity contribution in [2.75, 3.05) is 35.5 Å². The maximum atomic E-state index is 10.4. The van der Waals surface area contributed by atoms with Crippen molar-refractivity contribution in [1.82, 2.24) is 0 Å². The van der Waals surface area contributed by atoms with Gasteiger partial charge in [-0.3, -0.25) is 0 Å². The first-order valence-corrected chi connectivity index (χ1v) is 9.80. The highest BCUT2D eigenvalue weighted by molar-refractivity contribution is 5.55. The van der Waals surface area contributed by atoms with Gasteiger partial charge in [-0.15, -0.1) is 0 Å². The Morgan fingerprint density at radius 1 is 0.633 bits per heavy atom. The first kappa shape index (κ1) is 21.9. The molecule has 0 radical (unpaired) electrons. The Bertz CT molecular complexity index is 870. The number of phenolic OH excluding ortho intramolecular Hbond substituents is 1. The molecular formula is C23H30O7. The number of rotatable bonds is 7. The van der Waals surface area contributed by atoms with Crippen molar-refractivity contribution in [1.29, 1.82) is 0 Å². The molecular weight excluding hydrogens is 388 g/mol. The molecule has 0 amide bonds. The highest BCUT2D eigenvalue weighted by Crippen LogP contribution is 2.53. The fraction of sp³-hybridized carbons (Fsp3) is 0.478. The van der Waals surface area contributed by atoms with Crippen LogP contribution in [0.3, 0.4) is 0 Å². The molecule has 1 aliphatic rings. The molecule has 4 atom stereocenters. The Balaban J connectivity index is 1.99. The number of hydrogen-bond acceptors (Lipinski definition) is 7. The highest BCUT2D eigenvalue weighted by atomic mass is 16.5. The van der Waals surface area contributed by atoms with Gasteiger partial charge in [-0.25, -0.2) is 0 Å². The molecule has 7 nitrogen and oxygen atoms in total. The van der Waals surface area contributed by atoms with E-state index in [1.807, 2.05) is 18.2 Å². The van der Waals surface area contributed by atoms with Crippen LogP contribution in [0, 0.1) is 11.8 Å². The van der Waals surface area contributed by atoms with E-state index in [1.54, 1.807) is 34.5 Å². The van der Waals surface area contributed by atoms with Crippen molar-refractivity contribution in [3.63, 3.8) is 0 Å². The number of ether oxygens (including phenoxy) is 6. The van der Waals surface area contributed by atoms with Gasteiger partial charge in [0.05, 0.1) is 47.8 Å². The van der Waals surface area contributed by atoms with Crippen molar-refractivity contribution in [2.24, 2.45) is 11.8 Å². The van der Waals surface area contributed by atoms with Crippen LogP contribution in [0.5, 0.6) is 34.5 Å². The van der Waals surface area contributed by atoms with E-state index in [0.717, 1.165) is 11.1 Å². The van der Waals surface area contributed by atoms with Gasteiger partial charge in [0.2, 0.25) is 11.5 Å². The summed E-state index contributed by atoms with van der Waals surface area (Å²) < 4.78 is 33.6. The zero-order chi connectivity index (χ0) is 22.0. The lowest BCUT2D eigenvalue weighted by Gasteiger charge is -2.20. The van der Waals surface area contributed by atoms with Crippen LogP contribution >= 0.6 is 0 Å². The van der Waals surface area contributed by atoms with Gasteiger partial charge in [-0.1, -0.05) is 13.8 Å². The minimum atomic E-state index is -0.227. The summed E-state index contributed by atoms with van der Waals surface area (Å²) in [7, 11) is 7.81. The van der Waals surface area contributed by atoms with Crippen LogP contribution < -0.4 is 23.7 Å². The maximum absolute atomic E-state index is 10.4. The van der Waals surface area contributed by atoms with Crippen molar-refractivity contribution in [3.05, 3.63) is 35.4 Å². The second kappa shape index (κ2) is 8.92. The second-order valence-corrected chi connectivity index (χ2v) is 7.43. The van der Waals surface area contributed by atoms with E-state index in [4.69, 9.17) is 28.4 Å². The smallest absolute Gasteiger partial charge is 0.203 e. The number of aromatic hydroxyl groups is 1. The molecule has 7 heteroatoms. The number of benzene rings is 2. The molecule has 0 aliphatic carbocycles. The lowest BCUT2D eigenvalue weighted by molar-refractivity contribution is 0.0285.